The molecule has 0 N–H and O–H groups in total. The first kappa shape index (κ1) is 16.2. The van der Waals surface area contributed by atoms with E-state index >= 15 is 0 Å². The van der Waals surface area contributed by atoms with E-state index in [4.69, 9.17) is 0 Å². The summed E-state index contributed by atoms with van der Waals surface area (Å²) in [4.78, 5) is 15.2. The SMILES string of the molecule is O=C(c1cccs1)N(CCc1ccccc1)C1CCS(=O)(=O)C1. The van der Waals surface area contributed by atoms with Crippen LogP contribution in [0.5, 0.6) is 0 Å². The highest BCUT2D eigenvalue weighted by molar-refractivity contribution is 7.91. The van der Waals surface area contributed by atoms with Gasteiger partial charge >= 0.3 is 0 Å². The zero-order chi connectivity index (χ0) is 16.3. The smallest absolute Gasteiger partial charge is 0.264 e. The highest BCUT2D eigenvalue weighted by Gasteiger charge is 2.35. The Morgan fingerprint density at radius 3 is 2.57 bits per heavy atom. The van der Waals surface area contributed by atoms with Crippen molar-refractivity contribution in [3.05, 3.63) is 58.3 Å². The second kappa shape index (κ2) is 6.84. The van der Waals surface area contributed by atoms with Crippen molar-refractivity contribution >= 4 is 27.1 Å². The minimum Gasteiger partial charge on any atom is -0.334 e. The van der Waals surface area contributed by atoms with Crippen molar-refractivity contribution in [2.45, 2.75) is 18.9 Å². The van der Waals surface area contributed by atoms with E-state index in [0.29, 0.717) is 17.8 Å². The van der Waals surface area contributed by atoms with Gasteiger partial charge in [0.15, 0.2) is 9.84 Å². The van der Waals surface area contributed by atoms with Gasteiger partial charge < -0.3 is 4.90 Å². The molecule has 1 fully saturated rings. The lowest BCUT2D eigenvalue weighted by molar-refractivity contribution is 0.0704. The lowest BCUT2D eigenvalue weighted by atomic mass is 10.1. The van der Waals surface area contributed by atoms with Crippen LogP contribution in [0, 0.1) is 0 Å². The molecule has 2 aromatic rings. The summed E-state index contributed by atoms with van der Waals surface area (Å²) in [5, 5.41) is 1.87. The van der Waals surface area contributed by atoms with Gasteiger partial charge in [0.25, 0.3) is 5.91 Å². The summed E-state index contributed by atoms with van der Waals surface area (Å²) in [6.07, 6.45) is 1.27. The van der Waals surface area contributed by atoms with E-state index in [2.05, 4.69) is 0 Å². The number of carbonyl (C=O) groups excluding carboxylic acids is 1. The molecule has 1 aromatic carbocycles. The van der Waals surface area contributed by atoms with E-state index < -0.39 is 9.84 Å². The van der Waals surface area contributed by atoms with Crippen LogP contribution in [0.1, 0.15) is 21.7 Å². The van der Waals surface area contributed by atoms with Crippen molar-refractivity contribution in [1.29, 1.82) is 0 Å². The van der Waals surface area contributed by atoms with Gasteiger partial charge in [-0.05, 0) is 29.9 Å². The van der Waals surface area contributed by atoms with E-state index in [9.17, 15) is 13.2 Å². The number of benzene rings is 1. The molecule has 1 atom stereocenters. The molecule has 1 saturated heterocycles. The quantitative estimate of drug-likeness (QED) is 0.834. The van der Waals surface area contributed by atoms with Gasteiger partial charge in [0.05, 0.1) is 16.4 Å². The zero-order valence-corrected chi connectivity index (χ0v) is 14.4. The Morgan fingerprint density at radius 2 is 1.96 bits per heavy atom. The fraction of sp³-hybridized carbons (Fsp3) is 0.353. The summed E-state index contributed by atoms with van der Waals surface area (Å²) in [7, 11) is -3.02. The summed E-state index contributed by atoms with van der Waals surface area (Å²) in [5.41, 5.74) is 1.15. The van der Waals surface area contributed by atoms with Crippen LogP contribution in [-0.4, -0.2) is 43.3 Å². The third-order valence-corrected chi connectivity index (χ3v) is 6.73. The van der Waals surface area contributed by atoms with E-state index in [0.717, 1.165) is 12.0 Å². The molecule has 23 heavy (non-hydrogen) atoms. The van der Waals surface area contributed by atoms with Crippen LogP contribution >= 0.6 is 11.3 Å². The maximum Gasteiger partial charge on any atom is 0.264 e. The molecule has 4 nitrogen and oxygen atoms in total. The Hall–Kier alpha value is -1.66. The Labute approximate surface area is 140 Å². The molecule has 1 aliphatic rings. The largest absolute Gasteiger partial charge is 0.334 e. The van der Waals surface area contributed by atoms with Gasteiger partial charge in [-0.2, -0.15) is 0 Å². The number of carbonyl (C=O) groups is 1. The number of hydrogen-bond donors (Lipinski definition) is 0. The van der Waals surface area contributed by atoms with Gasteiger partial charge in [0.2, 0.25) is 0 Å². The van der Waals surface area contributed by atoms with Crippen molar-refractivity contribution in [2.75, 3.05) is 18.1 Å². The number of nitrogens with zero attached hydrogens (tertiary/aromatic N) is 1. The zero-order valence-electron chi connectivity index (χ0n) is 12.7. The summed E-state index contributed by atoms with van der Waals surface area (Å²) in [6.45, 7) is 0.543. The van der Waals surface area contributed by atoms with Gasteiger partial charge in [0, 0.05) is 12.6 Å². The first-order valence-corrected chi connectivity index (χ1v) is 10.3. The Balaban J connectivity index is 1.77. The fourth-order valence-electron chi connectivity index (χ4n) is 2.91. The lowest BCUT2D eigenvalue weighted by Crippen LogP contribution is -2.42. The average Bonchev–Trinajstić information content (AvgIpc) is 3.18. The van der Waals surface area contributed by atoms with Crippen LogP contribution in [-0.2, 0) is 16.3 Å². The number of hydrogen-bond acceptors (Lipinski definition) is 4. The van der Waals surface area contributed by atoms with Gasteiger partial charge in [-0.1, -0.05) is 36.4 Å². The Kier molecular flexibility index (Phi) is 4.82. The predicted molar refractivity (Wildman–Crippen MR) is 92.6 cm³/mol. The van der Waals surface area contributed by atoms with Crippen LogP contribution in [0.2, 0.25) is 0 Å². The molecule has 1 aromatic heterocycles. The molecule has 0 radical (unpaired) electrons. The molecular formula is C17H19NO3S2. The highest BCUT2D eigenvalue weighted by atomic mass is 32.2. The maximum absolute atomic E-state index is 12.8. The van der Waals surface area contributed by atoms with E-state index in [1.54, 1.807) is 11.0 Å². The van der Waals surface area contributed by atoms with E-state index in [-0.39, 0.29) is 23.5 Å². The van der Waals surface area contributed by atoms with Crippen molar-refractivity contribution in [2.24, 2.45) is 0 Å². The summed E-state index contributed by atoms with van der Waals surface area (Å²) < 4.78 is 23.6. The monoisotopic (exact) mass is 349 g/mol. The lowest BCUT2D eigenvalue weighted by Gasteiger charge is -2.28. The molecule has 1 unspecified atom stereocenters. The molecule has 3 rings (SSSR count). The molecule has 0 aliphatic carbocycles. The topological polar surface area (TPSA) is 54.5 Å². The molecule has 0 spiro atoms. The van der Waals surface area contributed by atoms with E-state index in [1.165, 1.54) is 11.3 Å². The van der Waals surface area contributed by atoms with Crippen LogP contribution in [0.3, 0.4) is 0 Å². The van der Waals surface area contributed by atoms with Gasteiger partial charge in [-0.3, -0.25) is 4.79 Å². The second-order valence-corrected chi connectivity index (χ2v) is 8.94. The molecular weight excluding hydrogens is 330 g/mol. The highest BCUT2D eigenvalue weighted by Crippen LogP contribution is 2.22. The number of sulfone groups is 1. The second-order valence-electron chi connectivity index (χ2n) is 5.77. The molecule has 1 amide bonds. The minimum atomic E-state index is -3.02. The first-order chi connectivity index (χ1) is 11.1. The number of thiophene rings is 1. The summed E-state index contributed by atoms with van der Waals surface area (Å²) in [6, 6.07) is 13.4. The third kappa shape index (κ3) is 4.00. The minimum absolute atomic E-state index is 0.0574. The number of rotatable bonds is 5. The van der Waals surface area contributed by atoms with Crippen LogP contribution in [0.25, 0.3) is 0 Å². The fourth-order valence-corrected chi connectivity index (χ4v) is 5.32. The van der Waals surface area contributed by atoms with Gasteiger partial charge in [0.1, 0.15) is 0 Å². The predicted octanol–water partition coefficient (Wildman–Crippen LogP) is 2.62. The average molecular weight is 349 g/mol. The Morgan fingerprint density at radius 1 is 1.17 bits per heavy atom. The van der Waals surface area contributed by atoms with Gasteiger partial charge in [-0.25, -0.2) is 8.42 Å². The summed E-state index contributed by atoms with van der Waals surface area (Å²) >= 11 is 1.40. The Bertz CT molecular complexity index is 754. The van der Waals surface area contributed by atoms with Crippen LogP contribution in [0.4, 0.5) is 0 Å². The molecule has 122 valence electrons. The third-order valence-electron chi connectivity index (χ3n) is 4.13. The van der Waals surface area contributed by atoms with Gasteiger partial charge in [-0.15, -0.1) is 11.3 Å². The first-order valence-electron chi connectivity index (χ1n) is 7.64. The number of amides is 1. The van der Waals surface area contributed by atoms with Crippen molar-refractivity contribution in [1.82, 2.24) is 4.90 Å². The molecule has 0 saturated carbocycles. The molecule has 0 bridgehead atoms. The van der Waals surface area contributed by atoms with Crippen LogP contribution in [0.15, 0.2) is 47.8 Å². The van der Waals surface area contributed by atoms with Crippen LogP contribution < -0.4 is 0 Å². The molecule has 2 heterocycles. The standard InChI is InChI=1S/C17H19NO3S2/c19-17(16-7-4-11-22-16)18(15-9-12-23(20,21)13-15)10-8-14-5-2-1-3-6-14/h1-7,11,15H,8-10,12-13H2. The normalized spacial score (nSPS) is 19.6. The molecule has 1 aliphatic heterocycles. The van der Waals surface area contributed by atoms with Crippen molar-refractivity contribution in [3.63, 3.8) is 0 Å². The van der Waals surface area contributed by atoms with Crippen molar-refractivity contribution < 1.29 is 13.2 Å². The summed E-state index contributed by atoms with van der Waals surface area (Å²) in [5.74, 6) is 0.203. The maximum atomic E-state index is 12.8. The molecule has 6 heteroatoms. The van der Waals surface area contributed by atoms with Crippen molar-refractivity contribution in [3.8, 4) is 0 Å². The van der Waals surface area contributed by atoms with E-state index in [1.807, 2.05) is 41.8 Å².